The van der Waals surface area contributed by atoms with Gasteiger partial charge in [-0.1, -0.05) is 0 Å². The zero-order chi connectivity index (χ0) is 12.7. The lowest BCUT2D eigenvalue weighted by Crippen LogP contribution is -2.14. The molecule has 0 radical (unpaired) electrons. The van der Waals surface area contributed by atoms with Gasteiger partial charge in [-0.05, 0) is 25.5 Å². The first-order chi connectivity index (χ1) is 8.13. The third kappa shape index (κ3) is 4.86. The van der Waals surface area contributed by atoms with Gasteiger partial charge in [-0.25, -0.2) is 0 Å². The number of anilines is 1. The summed E-state index contributed by atoms with van der Waals surface area (Å²) in [5.74, 6) is -2.29. The number of amides is 1. The van der Waals surface area contributed by atoms with Crippen molar-refractivity contribution in [2.24, 2.45) is 0 Å². The SMILES string of the molecule is CCOCCCC(=O)Nc1ccc(F)nc1F. The quantitative estimate of drug-likeness (QED) is 0.616. The molecule has 0 aromatic carbocycles. The van der Waals surface area contributed by atoms with Gasteiger partial charge in [-0.3, -0.25) is 4.79 Å². The molecule has 1 aromatic heterocycles. The third-order valence-corrected chi connectivity index (χ3v) is 1.99. The summed E-state index contributed by atoms with van der Waals surface area (Å²) in [5.41, 5.74) is -0.118. The van der Waals surface area contributed by atoms with Gasteiger partial charge in [-0.2, -0.15) is 13.8 Å². The molecule has 0 aliphatic heterocycles. The van der Waals surface area contributed by atoms with Gasteiger partial charge in [0, 0.05) is 19.6 Å². The molecule has 0 fully saturated rings. The van der Waals surface area contributed by atoms with Gasteiger partial charge in [0.05, 0.1) is 5.69 Å². The molecule has 4 nitrogen and oxygen atoms in total. The fraction of sp³-hybridized carbons (Fsp3) is 0.455. The van der Waals surface area contributed by atoms with Crippen LogP contribution in [-0.4, -0.2) is 24.1 Å². The number of halogens is 2. The maximum Gasteiger partial charge on any atom is 0.239 e. The Hall–Kier alpha value is -1.56. The van der Waals surface area contributed by atoms with Crippen molar-refractivity contribution in [1.29, 1.82) is 0 Å². The Morgan fingerprint density at radius 3 is 2.88 bits per heavy atom. The summed E-state index contributed by atoms with van der Waals surface area (Å²) in [4.78, 5) is 14.3. The van der Waals surface area contributed by atoms with Crippen LogP contribution in [0, 0.1) is 11.9 Å². The molecule has 0 bridgehead atoms. The number of hydrogen-bond donors (Lipinski definition) is 1. The van der Waals surface area contributed by atoms with Gasteiger partial charge in [0.15, 0.2) is 0 Å². The van der Waals surface area contributed by atoms with Crippen LogP contribution in [-0.2, 0) is 9.53 Å². The number of ether oxygens (including phenoxy) is 1. The topological polar surface area (TPSA) is 51.2 Å². The number of nitrogens with zero attached hydrogens (tertiary/aromatic N) is 1. The van der Waals surface area contributed by atoms with Crippen LogP contribution in [0.15, 0.2) is 12.1 Å². The minimum absolute atomic E-state index is 0.118. The van der Waals surface area contributed by atoms with Crippen LogP contribution in [0.25, 0.3) is 0 Å². The summed E-state index contributed by atoms with van der Waals surface area (Å²) >= 11 is 0. The molecular weight excluding hydrogens is 230 g/mol. The molecule has 94 valence electrons. The van der Waals surface area contributed by atoms with E-state index in [-0.39, 0.29) is 18.0 Å². The summed E-state index contributed by atoms with van der Waals surface area (Å²) in [7, 11) is 0. The van der Waals surface area contributed by atoms with E-state index >= 15 is 0 Å². The Balaban J connectivity index is 2.40. The Kier molecular flexibility index (Phi) is 5.48. The van der Waals surface area contributed by atoms with Crippen LogP contribution < -0.4 is 5.32 Å². The molecule has 0 unspecified atom stereocenters. The lowest BCUT2D eigenvalue weighted by Gasteiger charge is -2.05. The molecule has 0 aliphatic carbocycles. The number of pyridine rings is 1. The Morgan fingerprint density at radius 2 is 2.24 bits per heavy atom. The van der Waals surface area contributed by atoms with E-state index in [0.29, 0.717) is 19.6 Å². The Bertz CT molecular complexity index is 386. The highest BCUT2D eigenvalue weighted by atomic mass is 19.1. The Labute approximate surface area is 98.0 Å². The molecular formula is C11H14F2N2O2. The van der Waals surface area contributed by atoms with Crippen LogP contribution in [0.2, 0.25) is 0 Å². The molecule has 17 heavy (non-hydrogen) atoms. The van der Waals surface area contributed by atoms with Crippen molar-refractivity contribution in [3.8, 4) is 0 Å². The predicted octanol–water partition coefficient (Wildman–Crippen LogP) is 2.12. The molecule has 1 rings (SSSR count). The second kappa shape index (κ2) is 6.90. The van der Waals surface area contributed by atoms with Crippen LogP contribution in [0.1, 0.15) is 19.8 Å². The Morgan fingerprint density at radius 1 is 1.47 bits per heavy atom. The maximum absolute atomic E-state index is 13.1. The standard InChI is InChI=1S/C11H14F2N2O2/c1-2-17-7-3-4-10(16)14-8-5-6-9(12)15-11(8)13/h5-6H,2-4,7H2,1H3,(H,14,16). The summed E-state index contributed by atoms with van der Waals surface area (Å²) in [6, 6.07) is 2.12. The lowest BCUT2D eigenvalue weighted by atomic mass is 10.3. The fourth-order valence-corrected chi connectivity index (χ4v) is 1.20. The molecule has 1 heterocycles. The highest BCUT2D eigenvalue weighted by Gasteiger charge is 2.08. The van der Waals surface area contributed by atoms with E-state index in [0.717, 1.165) is 12.1 Å². The first kappa shape index (κ1) is 13.5. The highest BCUT2D eigenvalue weighted by Crippen LogP contribution is 2.12. The van der Waals surface area contributed by atoms with Gasteiger partial charge < -0.3 is 10.1 Å². The first-order valence-electron chi connectivity index (χ1n) is 5.33. The largest absolute Gasteiger partial charge is 0.382 e. The fourth-order valence-electron chi connectivity index (χ4n) is 1.20. The summed E-state index contributed by atoms with van der Waals surface area (Å²) in [5, 5.41) is 2.32. The molecule has 1 aromatic rings. The van der Waals surface area contributed by atoms with Crippen molar-refractivity contribution in [3.05, 3.63) is 24.0 Å². The molecule has 1 amide bonds. The van der Waals surface area contributed by atoms with Gasteiger partial charge in [0.2, 0.25) is 17.8 Å². The zero-order valence-corrected chi connectivity index (χ0v) is 9.50. The minimum Gasteiger partial charge on any atom is -0.382 e. The highest BCUT2D eigenvalue weighted by molar-refractivity contribution is 5.90. The number of aromatic nitrogens is 1. The molecule has 0 aliphatic rings. The first-order valence-corrected chi connectivity index (χ1v) is 5.33. The smallest absolute Gasteiger partial charge is 0.239 e. The maximum atomic E-state index is 13.1. The van der Waals surface area contributed by atoms with Crippen molar-refractivity contribution in [1.82, 2.24) is 4.98 Å². The van der Waals surface area contributed by atoms with Crippen molar-refractivity contribution in [2.45, 2.75) is 19.8 Å². The minimum atomic E-state index is -1.02. The summed E-state index contributed by atoms with van der Waals surface area (Å²) < 4.78 is 30.6. The number of carbonyl (C=O) groups is 1. The van der Waals surface area contributed by atoms with Gasteiger partial charge in [0.1, 0.15) is 0 Å². The summed E-state index contributed by atoms with van der Waals surface area (Å²) in [6.07, 6.45) is 0.771. The van der Waals surface area contributed by atoms with Crippen LogP contribution in [0.5, 0.6) is 0 Å². The zero-order valence-electron chi connectivity index (χ0n) is 9.50. The summed E-state index contributed by atoms with van der Waals surface area (Å²) in [6.45, 7) is 2.94. The van der Waals surface area contributed by atoms with E-state index in [1.54, 1.807) is 0 Å². The van der Waals surface area contributed by atoms with Crippen molar-refractivity contribution < 1.29 is 18.3 Å². The average molecular weight is 244 g/mol. The second-order valence-corrected chi connectivity index (χ2v) is 3.32. The molecule has 0 atom stereocenters. The normalized spacial score (nSPS) is 10.3. The molecule has 0 spiro atoms. The number of carbonyl (C=O) groups excluding carboxylic acids is 1. The van der Waals surface area contributed by atoms with Gasteiger partial charge in [0.25, 0.3) is 0 Å². The van der Waals surface area contributed by atoms with E-state index in [1.165, 1.54) is 0 Å². The monoisotopic (exact) mass is 244 g/mol. The van der Waals surface area contributed by atoms with E-state index < -0.39 is 11.9 Å². The van der Waals surface area contributed by atoms with Crippen LogP contribution in [0.4, 0.5) is 14.5 Å². The number of hydrogen-bond acceptors (Lipinski definition) is 3. The second-order valence-electron chi connectivity index (χ2n) is 3.32. The average Bonchev–Trinajstić information content (AvgIpc) is 2.28. The van der Waals surface area contributed by atoms with E-state index in [1.807, 2.05) is 6.92 Å². The molecule has 0 saturated carbocycles. The van der Waals surface area contributed by atoms with E-state index in [4.69, 9.17) is 4.74 Å². The molecule has 1 N–H and O–H groups in total. The van der Waals surface area contributed by atoms with E-state index in [2.05, 4.69) is 10.3 Å². The molecule has 6 heteroatoms. The van der Waals surface area contributed by atoms with Crippen molar-refractivity contribution in [3.63, 3.8) is 0 Å². The predicted molar refractivity (Wildman–Crippen MR) is 58.5 cm³/mol. The van der Waals surface area contributed by atoms with Gasteiger partial charge >= 0.3 is 0 Å². The van der Waals surface area contributed by atoms with Crippen molar-refractivity contribution >= 4 is 11.6 Å². The van der Waals surface area contributed by atoms with Crippen molar-refractivity contribution in [2.75, 3.05) is 18.5 Å². The third-order valence-electron chi connectivity index (χ3n) is 1.99. The van der Waals surface area contributed by atoms with Crippen LogP contribution in [0.3, 0.4) is 0 Å². The number of nitrogens with one attached hydrogen (secondary N) is 1. The lowest BCUT2D eigenvalue weighted by molar-refractivity contribution is -0.116. The molecule has 0 saturated heterocycles. The van der Waals surface area contributed by atoms with E-state index in [9.17, 15) is 13.6 Å². The van der Waals surface area contributed by atoms with Crippen LogP contribution >= 0.6 is 0 Å². The van der Waals surface area contributed by atoms with Gasteiger partial charge in [-0.15, -0.1) is 0 Å². The number of rotatable bonds is 6.